The van der Waals surface area contributed by atoms with E-state index < -0.39 is 11.6 Å². The summed E-state index contributed by atoms with van der Waals surface area (Å²) in [4.78, 5) is 2.44. The van der Waals surface area contributed by atoms with Crippen LogP contribution in [0.1, 0.15) is 28.3 Å². The van der Waals surface area contributed by atoms with Gasteiger partial charge in [-0.25, -0.2) is 8.78 Å². The van der Waals surface area contributed by atoms with Crippen molar-refractivity contribution >= 4 is 11.3 Å². The molecule has 1 aromatic carbocycles. The average molecular weight is 267 g/mol. The molecule has 2 rings (SSSR count). The molecule has 0 bridgehead atoms. The fourth-order valence-electron chi connectivity index (χ4n) is 1.73. The van der Waals surface area contributed by atoms with Crippen LogP contribution in [-0.4, -0.2) is 0 Å². The number of aryl methyl sites for hydroxylation is 1. The highest BCUT2D eigenvalue weighted by molar-refractivity contribution is 7.12. The van der Waals surface area contributed by atoms with E-state index in [-0.39, 0.29) is 6.04 Å². The van der Waals surface area contributed by atoms with E-state index in [9.17, 15) is 8.78 Å². The van der Waals surface area contributed by atoms with Crippen LogP contribution in [0, 0.1) is 18.6 Å². The summed E-state index contributed by atoms with van der Waals surface area (Å²) in [7, 11) is 0. The lowest BCUT2D eigenvalue weighted by Gasteiger charge is -2.12. The van der Waals surface area contributed by atoms with E-state index in [0.717, 1.165) is 6.07 Å². The minimum Gasteiger partial charge on any atom is -0.305 e. The Morgan fingerprint density at radius 3 is 2.67 bits per heavy atom. The molecule has 1 nitrogen and oxygen atoms in total. The van der Waals surface area contributed by atoms with Gasteiger partial charge in [0, 0.05) is 27.9 Å². The minimum atomic E-state index is -0.797. The molecule has 0 spiro atoms. The second-order valence-electron chi connectivity index (χ2n) is 4.26. The monoisotopic (exact) mass is 267 g/mol. The van der Waals surface area contributed by atoms with E-state index >= 15 is 0 Å². The number of thiophene rings is 1. The van der Waals surface area contributed by atoms with Crippen LogP contribution in [0.15, 0.2) is 30.3 Å². The number of rotatable bonds is 4. The van der Waals surface area contributed by atoms with Gasteiger partial charge in [-0.3, -0.25) is 0 Å². The second-order valence-corrected chi connectivity index (χ2v) is 5.58. The molecule has 1 atom stereocenters. The summed E-state index contributed by atoms with van der Waals surface area (Å²) in [6.45, 7) is 4.39. The van der Waals surface area contributed by atoms with Crippen LogP contribution >= 0.6 is 11.3 Å². The molecule has 4 heteroatoms. The Kier molecular flexibility index (Phi) is 4.09. The Morgan fingerprint density at radius 2 is 2.00 bits per heavy atom. The number of halogens is 2. The molecular formula is C14H15F2NS. The zero-order chi connectivity index (χ0) is 13.1. The van der Waals surface area contributed by atoms with Gasteiger partial charge in [-0.1, -0.05) is 12.1 Å². The Bertz CT molecular complexity index is 536. The van der Waals surface area contributed by atoms with Gasteiger partial charge in [0.15, 0.2) is 11.6 Å². The summed E-state index contributed by atoms with van der Waals surface area (Å²) in [5, 5.41) is 3.20. The maximum atomic E-state index is 13.4. The number of benzene rings is 1. The van der Waals surface area contributed by atoms with E-state index in [1.165, 1.54) is 15.8 Å². The molecule has 1 aromatic heterocycles. The molecule has 0 fully saturated rings. The molecule has 0 aliphatic heterocycles. The van der Waals surface area contributed by atoms with Gasteiger partial charge in [0.2, 0.25) is 0 Å². The van der Waals surface area contributed by atoms with Crippen molar-refractivity contribution in [2.45, 2.75) is 26.4 Å². The van der Waals surface area contributed by atoms with Gasteiger partial charge >= 0.3 is 0 Å². The van der Waals surface area contributed by atoms with Crippen molar-refractivity contribution in [3.8, 4) is 0 Å². The second kappa shape index (κ2) is 5.59. The average Bonchev–Trinajstić information content (AvgIpc) is 2.77. The quantitative estimate of drug-likeness (QED) is 0.876. The summed E-state index contributed by atoms with van der Waals surface area (Å²) in [6, 6.07) is 8.49. The van der Waals surface area contributed by atoms with Crippen molar-refractivity contribution < 1.29 is 8.78 Å². The summed E-state index contributed by atoms with van der Waals surface area (Å²) in [6.07, 6.45) is 0. The van der Waals surface area contributed by atoms with Crippen molar-refractivity contribution in [3.05, 3.63) is 57.3 Å². The highest BCUT2D eigenvalue weighted by Crippen LogP contribution is 2.22. The predicted octanol–water partition coefficient (Wildman–Crippen LogP) is 4.19. The first-order valence-electron chi connectivity index (χ1n) is 5.80. The molecule has 0 saturated heterocycles. The lowest BCUT2D eigenvalue weighted by atomic mass is 10.2. The van der Waals surface area contributed by atoms with Crippen molar-refractivity contribution in [2.24, 2.45) is 0 Å². The van der Waals surface area contributed by atoms with E-state index in [2.05, 4.69) is 17.4 Å². The predicted molar refractivity (Wildman–Crippen MR) is 70.7 cm³/mol. The van der Waals surface area contributed by atoms with Crippen LogP contribution in [0.3, 0.4) is 0 Å². The summed E-state index contributed by atoms with van der Waals surface area (Å²) in [5.74, 6) is -1.56. The molecule has 0 saturated carbocycles. The number of nitrogens with one attached hydrogen (secondary N) is 1. The maximum absolute atomic E-state index is 13.4. The number of hydrogen-bond acceptors (Lipinski definition) is 2. The van der Waals surface area contributed by atoms with Gasteiger partial charge in [-0.05, 0) is 32.0 Å². The van der Waals surface area contributed by atoms with Gasteiger partial charge in [0.05, 0.1) is 0 Å². The fourth-order valence-corrected chi connectivity index (χ4v) is 2.64. The summed E-state index contributed by atoms with van der Waals surface area (Å²) in [5.41, 5.74) is 0.357. The normalized spacial score (nSPS) is 12.7. The van der Waals surface area contributed by atoms with Gasteiger partial charge in [-0.15, -0.1) is 11.3 Å². The van der Waals surface area contributed by atoms with Crippen LogP contribution in [0.5, 0.6) is 0 Å². The molecule has 96 valence electrons. The molecule has 18 heavy (non-hydrogen) atoms. The van der Waals surface area contributed by atoms with Crippen molar-refractivity contribution in [3.63, 3.8) is 0 Å². The van der Waals surface area contributed by atoms with Gasteiger partial charge in [0.25, 0.3) is 0 Å². The fraction of sp³-hybridized carbons (Fsp3) is 0.286. The minimum absolute atomic E-state index is 0.131. The SMILES string of the molecule is Cc1ccc(C(C)NCc2cccc(F)c2F)s1. The van der Waals surface area contributed by atoms with Crippen LogP contribution in [0.25, 0.3) is 0 Å². The Hall–Kier alpha value is -1.26. The molecule has 0 aliphatic carbocycles. The first-order valence-corrected chi connectivity index (χ1v) is 6.62. The molecule has 1 unspecified atom stereocenters. The molecule has 0 aliphatic rings. The third-order valence-electron chi connectivity index (χ3n) is 2.82. The van der Waals surface area contributed by atoms with E-state index in [4.69, 9.17) is 0 Å². The highest BCUT2D eigenvalue weighted by Gasteiger charge is 2.10. The number of hydrogen-bond donors (Lipinski definition) is 1. The van der Waals surface area contributed by atoms with Crippen molar-refractivity contribution in [1.82, 2.24) is 5.32 Å². The Morgan fingerprint density at radius 1 is 1.22 bits per heavy atom. The molecule has 0 amide bonds. The standard InChI is InChI=1S/C14H15F2NS/c1-9-6-7-13(18-9)10(2)17-8-11-4-3-5-12(15)14(11)16/h3-7,10,17H,8H2,1-2H3. The first kappa shape index (κ1) is 13.2. The molecule has 0 radical (unpaired) electrons. The summed E-state index contributed by atoms with van der Waals surface area (Å²) >= 11 is 1.71. The molecule has 1 N–H and O–H groups in total. The zero-order valence-electron chi connectivity index (χ0n) is 10.3. The summed E-state index contributed by atoms with van der Waals surface area (Å²) < 4.78 is 26.5. The van der Waals surface area contributed by atoms with Crippen LogP contribution in [-0.2, 0) is 6.54 Å². The Balaban J connectivity index is 2.01. The Labute approximate surface area is 109 Å². The third-order valence-corrected chi connectivity index (χ3v) is 4.00. The van der Waals surface area contributed by atoms with E-state index in [1.54, 1.807) is 17.4 Å². The lowest BCUT2D eigenvalue weighted by molar-refractivity contribution is 0.485. The van der Waals surface area contributed by atoms with Gasteiger partial charge < -0.3 is 5.32 Å². The largest absolute Gasteiger partial charge is 0.305 e. The van der Waals surface area contributed by atoms with E-state index in [0.29, 0.717) is 12.1 Å². The molecule has 2 aromatic rings. The van der Waals surface area contributed by atoms with Crippen LogP contribution < -0.4 is 5.32 Å². The van der Waals surface area contributed by atoms with Crippen LogP contribution in [0.2, 0.25) is 0 Å². The van der Waals surface area contributed by atoms with Crippen LogP contribution in [0.4, 0.5) is 8.78 Å². The zero-order valence-corrected chi connectivity index (χ0v) is 11.2. The third kappa shape index (κ3) is 2.94. The molecular weight excluding hydrogens is 252 g/mol. The first-order chi connectivity index (χ1) is 8.58. The van der Waals surface area contributed by atoms with Gasteiger partial charge in [-0.2, -0.15) is 0 Å². The molecule has 1 heterocycles. The topological polar surface area (TPSA) is 12.0 Å². The lowest BCUT2D eigenvalue weighted by Crippen LogP contribution is -2.18. The van der Waals surface area contributed by atoms with Gasteiger partial charge in [0.1, 0.15) is 0 Å². The van der Waals surface area contributed by atoms with Crippen molar-refractivity contribution in [2.75, 3.05) is 0 Å². The smallest absolute Gasteiger partial charge is 0.163 e. The highest BCUT2D eigenvalue weighted by atomic mass is 32.1. The van der Waals surface area contributed by atoms with Crippen molar-refractivity contribution in [1.29, 1.82) is 0 Å². The maximum Gasteiger partial charge on any atom is 0.163 e. The van der Waals surface area contributed by atoms with E-state index in [1.807, 2.05) is 13.8 Å².